The van der Waals surface area contributed by atoms with E-state index < -0.39 is 0 Å². The Hall–Kier alpha value is -2.44. The van der Waals surface area contributed by atoms with Crippen LogP contribution < -0.4 is 10.1 Å². The number of fused-ring (bicyclic) bond motifs is 1. The first-order chi connectivity index (χ1) is 10.3. The second-order valence-corrected chi connectivity index (χ2v) is 5.01. The molecule has 0 saturated heterocycles. The van der Waals surface area contributed by atoms with Gasteiger partial charge in [0.05, 0.1) is 12.6 Å². The number of ether oxygens (including phenoxy) is 1. The highest BCUT2D eigenvalue weighted by Gasteiger charge is 2.20. The van der Waals surface area contributed by atoms with Crippen molar-refractivity contribution in [2.45, 2.75) is 32.2 Å². The summed E-state index contributed by atoms with van der Waals surface area (Å²) >= 11 is 0. The van der Waals surface area contributed by atoms with Crippen LogP contribution in [0.4, 0.5) is 0 Å². The summed E-state index contributed by atoms with van der Waals surface area (Å²) in [6.07, 6.45) is 2.52. The molecule has 0 bridgehead atoms. The van der Waals surface area contributed by atoms with Gasteiger partial charge < -0.3 is 10.1 Å². The fourth-order valence-corrected chi connectivity index (χ4v) is 2.44. The molecule has 1 aromatic carbocycles. The van der Waals surface area contributed by atoms with E-state index >= 15 is 0 Å². The van der Waals surface area contributed by atoms with Gasteiger partial charge in [-0.3, -0.25) is 4.79 Å². The van der Waals surface area contributed by atoms with Crippen LogP contribution in [0.1, 0.15) is 47.6 Å². The molecule has 7 heteroatoms. The van der Waals surface area contributed by atoms with E-state index in [-0.39, 0.29) is 11.9 Å². The molecule has 0 unspecified atom stereocenters. The topological polar surface area (TPSA) is 92.8 Å². The van der Waals surface area contributed by atoms with E-state index in [4.69, 9.17) is 4.74 Å². The van der Waals surface area contributed by atoms with Crippen molar-refractivity contribution in [3.63, 3.8) is 0 Å². The Labute approximate surface area is 122 Å². The van der Waals surface area contributed by atoms with E-state index in [1.165, 1.54) is 0 Å². The van der Waals surface area contributed by atoms with Crippen molar-refractivity contribution in [2.75, 3.05) is 6.61 Å². The van der Waals surface area contributed by atoms with Crippen LogP contribution in [0.25, 0.3) is 0 Å². The van der Waals surface area contributed by atoms with Crippen LogP contribution in [0.15, 0.2) is 18.2 Å². The summed E-state index contributed by atoms with van der Waals surface area (Å²) in [4.78, 5) is 12.4. The minimum absolute atomic E-state index is 0.132. The molecule has 0 radical (unpaired) electrons. The predicted octanol–water partition coefficient (Wildman–Crippen LogP) is 1.41. The van der Waals surface area contributed by atoms with Gasteiger partial charge in [-0.25, -0.2) is 0 Å². The van der Waals surface area contributed by atoms with E-state index in [0.717, 1.165) is 30.6 Å². The van der Waals surface area contributed by atoms with Crippen LogP contribution in [0.5, 0.6) is 5.75 Å². The molecule has 1 amide bonds. The van der Waals surface area contributed by atoms with Gasteiger partial charge >= 0.3 is 0 Å². The molecule has 1 aromatic heterocycles. The summed E-state index contributed by atoms with van der Waals surface area (Å²) in [5, 5.41) is 16.8. The Morgan fingerprint density at radius 2 is 2.43 bits per heavy atom. The maximum Gasteiger partial charge on any atom is 0.251 e. The number of benzene rings is 1. The van der Waals surface area contributed by atoms with E-state index in [9.17, 15) is 4.79 Å². The monoisotopic (exact) mass is 287 g/mol. The summed E-state index contributed by atoms with van der Waals surface area (Å²) in [6, 6.07) is 5.28. The average Bonchev–Trinajstić information content (AvgIpc) is 3.17. The molecule has 3 rings (SSSR count). The second-order valence-electron chi connectivity index (χ2n) is 5.01. The van der Waals surface area contributed by atoms with Crippen molar-refractivity contribution in [2.24, 2.45) is 0 Å². The third-order valence-corrected chi connectivity index (χ3v) is 3.51. The van der Waals surface area contributed by atoms with Crippen molar-refractivity contribution < 1.29 is 9.53 Å². The molecule has 1 aliphatic rings. The lowest BCUT2D eigenvalue weighted by atomic mass is 10.1. The quantitative estimate of drug-likeness (QED) is 0.867. The molecule has 0 aliphatic carbocycles. The number of tetrazole rings is 1. The number of rotatable bonds is 5. The van der Waals surface area contributed by atoms with Gasteiger partial charge in [-0.2, -0.15) is 5.21 Å². The molecule has 2 aromatic rings. The first-order valence-electron chi connectivity index (χ1n) is 7.08. The Morgan fingerprint density at radius 3 is 3.19 bits per heavy atom. The van der Waals surface area contributed by atoms with Crippen LogP contribution in [0, 0.1) is 0 Å². The minimum atomic E-state index is -0.231. The Bertz CT molecular complexity index is 626. The van der Waals surface area contributed by atoms with Crippen molar-refractivity contribution in [1.82, 2.24) is 25.9 Å². The average molecular weight is 287 g/mol. The largest absolute Gasteiger partial charge is 0.493 e. The zero-order chi connectivity index (χ0) is 14.7. The molecule has 2 N–H and O–H groups in total. The van der Waals surface area contributed by atoms with Crippen molar-refractivity contribution in [3.8, 4) is 5.75 Å². The number of aromatic amines is 1. The lowest BCUT2D eigenvalue weighted by molar-refractivity contribution is 0.0932. The molecule has 0 spiro atoms. The van der Waals surface area contributed by atoms with E-state index in [1.54, 1.807) is 6.07 Å². The normalized spacial score (nSPS) is 14.3. The number of carbonyl (C=O) groups is 1. The third kappa shape index (κ3) is 2.86. The number of nitrogens with one attached hydrogen (secondary N) is 2. The summed E-state index contributed by atoms with van der Waals surface area (Å²) in [7, 11) is 0. The second kappa shape index (κ2) is 5.90. The number of hydrogen-bond donors (Lipinski definition) is 2. The first-order valence-corrected chi connectivity index (χ1v) is 7.08. The van der Waals surface area contributed by atoms with Gasteiger partial charge in [-0.1, -0.05) is 18.6 Å². The van der Waals surface area contributed by atoms with Gasteiger partial charge in [-0.15, -0.1) is 10.2 Å². The molecule has 21 heavy (non-hydrogen) atoms. The summed E-state index contributed by atoms with van der Waals surface area (Å²) < 4.78 is 5.45. The molecule has 7 nitrogen and oxygen atoms in total. The van der Waals surface area contributed by atoms with Gasteiger partial charge in [-0.05, 0) is 30.2 Å². The standard InChI is InChI=1S/C14H17N5O2/c1-2-3-11(13-16-18-19-17-13)15-14(20)10-4-5-12-9(8-10)6-7-21-12/h4-5,8,11H,2-3,6-7H2,1H3,(H,15,20)(H,16,17,18,19)/t11-/m0/s1. The number of aromatic nitrogens is 4. The van der Waals surface area contributed by atoms with Crippen molar-refractivity contribution in [1.29, 1.82) is 0 Å². The van der Waals surface area contributed by atoms with Gasteiger partial charge in [0.25, 0.3) is 5.91 Å². The zero-order valence-corrected chi connectivity index (χ0v) is 11.8. The number of H-pyrrole nitrogens is 1. The summed E-state index contributed by atoms with van der Waals surface area (Å²) in [5.74, 6) is 1.25. The summed E-state index contributed by atoms with van der Waals surface area (Å²) in [6.45, 7) is 2.73. The highest BCUT2D eigenvalue weighted by molar-refractivity contribution is 5.94. The molecule has 1 atom stereocenters. The highest BCUT2D eigenvalue weighted by atomic mass is 16.5. The third-order valence-electron chi connectivity index (χ3n) is 3.51. The fraction of sp³-hybridized carbons (Fsp3) is 0.429. The van der Waals surface area contributed by atoms with Crippen LogP contribution >= 0.6 is 0 Å². The van der Waals surface area contributed by atoms with Crippen molar-refractivity contribution >= 4 is 5.91 Å². The Morgan fingerprint density at radius 1 is 1.52 bits per heavy atom. The Balaban J connectivity index is 1.75. The fourth-order valence-electron chi connectivity index (χ4n) is 2.44. The molecule has 0 saturated carbocycles. The van der Waals surface area contributed by atoms with Crippen LogP contribution in [-0.4, -0.2) is 33.1 Å². The van der Waals surface area contributed by atoms with Gasteiger partial charge in [0, 0.05) is 12.0 Å². The number of carbonyl (C=O) groups excluding carboxylic acids is 1. The Kier molecular flexibility index (Phi) is 3.81. The van der Waals surface area contributed by atoms with Crippen LogP contribution in [0.3, 0.4) is 0 Å². The number of amides is 1. The maximum absolute atomic E-state index is 12.4. The maximum atomic E-state index is 12.4. The SMILES string of the molecule is CCC[C@H](NC(=O)c1ccc2c(c1)CCO2)c1nn[nH]n1. The van der Waals surface area contributed by atoms with E-state index in [0.29, 0.717) is 18.0 Å². The molecule has 110 valence electrons. The molecule has 2 heterocycles. The van der Waals surface area contributed by atoms with Crippen LogP contribution in [0.2, 0.25) is 0 Å². The number of hydrogen-bond acceptors (Lipinski definition) is 5. The van der Waals surface area contributed by atoms with E-state index in [1.807, 2.05) is 19.1 Å². The molecule has 0 fully saturated rings. The van der Waals surface area contributed by atoms with Crippen LogP contribution in [-0.2, 0) is 6.42 Å². The van der Waals surface area contributed by atoms with Gasteiger partial charge in [0.2, 0.25) is 0 Å². The first kappa shape index (κ1) is 13.5. The van der Waals surface area contributed by atoms with Gasteiger partial charge in [0.15, 0.2) is 5.82 Å². The lowest BCUT2D eigenvalue weighted by Gasteiger charge is -2.14. The van der Waals surface area contributed by atoms with Gasteiger partial charge in [0.1, 0.15) is 5.75 Å². The number of nitrogens with zero attached hydrogens (tertiary/aromatic N) is 3. The molecular weight excluding hydrogens is 270 g/mol. The molecular formula is C14H17N5O2. The van der Waals surface area contributed by atoms with Crippen molar-refractivity contribution in [3.05, 3.63) is 35.2 Å². The molecule has 1 aliphatic heterocycles. The highest BCUT2D eigenvalue weighted by Crippen LogP contribution is 2.26. The minimum Gasteiger partial charge on any atom is -0.493 e. The lowest BCUT2D eigenvalue weighted by Crippen LogP contribution is -2.29. The smallest absolute Gasteiger partial charge is 0.251 e. The zero-order valence-electron chi connectivity index (χ0n) is 11.8. The summed E-state index contributed by atoms with van der Waals surface area (Å²) in [5.41, 5.74) is 1.71. The predicted molar refractivity (Wildman–Crippen MR) is 74.9 cm³/mol. The van der Waals surface area contributed by atoms with E-state index in [2.05, 4.69) is 25.9 Å².